The highest BCUT2D eigenvalue weighted by molar-refractivity contribution is 4.72. The molecule has 0 spiro atoms. The van der Waals surface area contributed by atoms with E-state index in [4.69, 9.17) is 0 Å². The molecule has 80 valence electrons. The fourth-order valence-corrected chi connectivity index (χ4v) is 1.55. The summed E-state index contributed by atoms with van der Waals surface area (Å²) in [5.41, 5.74) is 0. The molecule has 0 aromatic rings. The average Bonchev–Trinajstić information content (AvgIpc) is 2.04. The molecule has 0 unspecified atom stereocenters. The molecule has 0 fully saturated rings. The Kier molecular flexibility index (Phi) is 5.57. The Hall–Kier alpha value is -0.0800. The first-order valence-corrected chi connectivity index (χ1v) is 5.35. The van der Waals surface area contributed by atoms with E-state index in [-0.39, 0.29) is 0 Å². The van der Waals surface area contributed by atoms with Crippen LogP contribution in [0.4, 0.5) is 0 Å². The van der Waals surface area contributed by atoms with Crippen molar-refractivity contribution >= 4 is 0 Å². The van der Waals surface area contributed by atoms with Crippen molar-refractivity contribution in [2.75, 3.05) is 14.1 Å². The predicted molar refractivity (Wildman–Crippen MR) is 59.9 cm³/mol. The monoisotopic (exact) mass is 186 g/mol. The molecular weight excluding hydrogens is 160 g/mol. The molecule has 0 heterocycles. The Balaban J connectivity index is 4.31. The number of hydrogen-bond acceptors (Lipinski definition) is 2. The van der Waals surface area contributed by atoms with Gasteiger partial charge in [-0.25, -0.2) is 0 Å². The number of nitrogens with zero attached hydrogens (tertiary/aromatic N) is 2. The molecule has 0 atom stereocenters. The van der Waals surface area contributed by atoms with Crippen molar-refractivity contribution in [1.82, 2.24) is 9.80 Å². The van der Waals surface area contributed by atoms with Crippen molar-refractivity contribution < 1.29 is 0 Å². The largest absolute Gasteiger partial charge is 0.289 e. The SMILES string of the molecule is CCC(N(C)C(C)C)N(C)C(C)C. The lowest BCUT2D eigenvalue weighted by molar-refractivity contribution is 0.0369. The summed E-state index contributed by atoms with van der Waals surface area (Å²) in [6.45, 7) is 11.2. The van der Waals surface area contributed by atoms with Crippen LogP contribution in [-0.2, 0) is 0 Å². The first-order chi connectivity index (χ1) is 5.91. The molecule has 0 aliphatic rings. The van der Waals surface area contributed by atoms with Gasteiger partial charge in [-0.2, -0.15) is 0 Å². The van der Waals surface area contributed by atoms with Crippen LogP contribution in [0.3, 0.4) is 0 Å². The van der Waals surface area contributed by atoms with Gasteiger partial charge >= 0.3 is 0 Å². The summed E-state index contributed by atoms with van der Waals surface area (Å²) in [6, 6.07) is 1.23. The molecule has 0 radical (unpaired) electrons. The van der Waals surface area contributed by atoms with Crippen LogP contribution in [0.5, 0.6) is 0 Å². The number of hydrogen-bond donors (Lipinski definition) is 0. The van der Waals surface area contributed by atoms with Gasteiger partial charge in [-0.05, 0) is 48.2 Å². The molecular formula is C11H26N2. The van der Waals surface area contributed by atoms with E-state index in [9.17, 15) is 0 Å². The Bertz CT molecular complexity index is 118. The van der Waals surface area contributed by atoms with E-state index in [0.717, 1.165) is 0 Å². The second kappa shape index (κ2) is 5.61. The van der Waals surface area contributed by atoms with Crippen LogP contribution < -0.4 is 0 Å². The lowest BCUT2D eigenvalue weighted by Gasteiger charge is -2.39. The van der Waals surface area contributed by atoms with Gasteiger partial charge in [-0.3, -0.25) is 9.80 Å². The molecule has 13 heavy (non-hydrogen) atoms. The minimum Gasteiger partial charge on any atom is -0.289 e. The van der Waals surface area contributed by atoms with E-state index in [2.05, 4.69) is 58.5 Å². The van der Waals surface area contributed by atoms with Crippen LogP contribution in [0.1, 0.15) is 41.0 Å². The Labute approximate surface area is 83.9 Å². The van der Waals surface area contributed by atoms with Crippen LogP contribution in [-0.4, -0.2) is 42.1 Å². The molecule has 0 saturated carbocycles. The highest BCUT2D eigenvalue weighted by Crippen LogP contribution is 2.12. The minimum absolute atomic E-state index is 0.569. The summed E-state index contributed by atoms with van der Waals surface area (Å²) in [6.07, 6.45) is 1.75. The molecule has 0 aromatic heterocycles. The highest BCUT2D eigenvalue weighted by atomic mass is 15.3. The normalized spacial score (nSPS) is 12.9. The van der Waals surface area contributed by atoms with Gasteiger partial charge in [0.25, 0.3) is 0 Å². The molecule has 0 amide bonds. The lowest BCUT2D eigenvalue weighted by Crippen LogP contribution is -2.49. The minimum atomic E-state index is 0.569. The molecule has 0 bridgehead atoms. The van der Waals surface area contributed by atoms with E-state index >= 15 is 0 Å². The summed E-state index contributed by atoms with van der Waals surface area (Å²) in [5.74, 6) is 0. The van der Waals surface area contributed by atoms with E-state index in [1.807, 2.05) is 0 Å². The summed E-state index contributed by atoms with van der Waals surface area (Å²) in [5, 5.41) is 0. The van der Waals surface area contributed by atoms with E-state index in [1.165, 1.54) is 6.42 Å². The van der Waals surface area contributed by atoms with E-state index in [1.54, 1.807) is 0 Å². The smallest absolute Gasteiger partial charge is 0.0619 e. The zero-order chi connectivity index (χ0) is 10.6. The molecule has 0 rings (SSSR count). The zero-order valence-electron chi connectivity index (χ0n) is 10.3. The zero-order valence-corrected chi connectivity index (χ0v) is 10.3. The second-order valence-corrected chi connectivity index (χ2v) is 4.41. The van der Waals surface area contributed by atoms with Gasteiger partial charge < -0.3 is 0 Å². The van der Waals surface area contributed by atoms with Crippen LogP contribution in [0.2, 0.25) is 0 Å². The van der Waals surface area contributed by atoms with Crippen LogP contribution in [0, 0.1) is 0 Å². The third-order valence-electron chi connectivity index (χ3n) is 2.93. The summed E-state index contributed by atoms with van der Waals surface area (Å²) in [7, 11) is 4.41. The third kappa shape index (κ3) is 3.65. The Morgan fingerprint density at radius 2 is 1.15 bits per heavy atom. The van der Waals surface area contributed by atoms with Gasteiger partial charge in [0, 0.05) is 12.1 Å². The van der Waals surface area contributed by atoms with Gasteiger partial charge in [-0.1, -0.05) is 6.92 Å². The standard InChI is InChI=1S/C11H26N2/c1-8-11(12(6)9(2)3)13(7)10(4)5/h9-11H,8H2,1-7H3. The highest BCUT2D eigenvalue weighted by Gasteiger charge is 2.21. The summed E-state index contributed by atoms with van der Waals surface area (Å²) in [4.78, 5) is 4.86. The first kappa shape index (κ1) is 12.9. The second-order valence-electron chi connectivity index (χ2n) is 4.41. The van der Waals surface area contributed by atoms with Gasteiger partial charge in [0.1, 0.15) is 0 Å². The fraction of sp³-hybridized carbons (Fsp3) is 1.00. The maximum absolute atomic E-state index is 2.43. The van der Waals surface area contributed by atoms with Crippen molar-refractivity contribution in [3.05, 3.63) is 0 Å². The first-order valence-electron chi connectivity index (χ1n) is 5.35. The number of rotatable bonds is 5. The molecule has 0 N–H and O–H groups in total. The van der Waals surface area contributed by atoms with Crippen LogP contribution in [0.15, 0.2) is 0 Å². The van der Waals surface area contributed by atoms with Gasteiger partial charge in [-0.15, -0.1) is 0 Å². The molecule has 0 aliphatic heterocycles. The predicted octanol–water partition coefficient (Wildman–Crippen LogP) is 2.40. The van der Waals surface area contributed by atoms with Crippen molar-refractivity contribution in [2.24, 2.45) is 0 Å². The summed E-state index contributed by atoms with van der Waals surface area (Å²) < 4.78 is 0. The average molecular weight is 186 g/mol. The summed E-state index contributed by atoms with van der Waals surface area (Å²) >= 11 is 0. The van der Waals surface area contributed by atoms with E-state index in [0.29, 0.717) is 18.2 Å². The van der Waals surface area contributed by atoms with Crippen molar-refractivity contribution in [3.63, 3.8) is 0 Å². The van der Waals surface area contributed by atoms with Crippen LogP contribution in [0.25, 0.3) is 0 Å². The van der Waals surface area contributed by atoms with Gasteiger partial charge in [0.2, 0.25) is 0 Å². The molecule has 0 saturated heterocycles. The molecule has 0 aliphatic carbocycles. The third-order valence-corrected chi connectivity index (χ3v) is 2.93. The molecule has 2 nitrogen and oxygen atoms in total. The van der Waals surface area contributed by atoms with Crippen molar-refractivity contribution in [3.8, 4) is 0 Å². The van der Waals surface area contributed by atoms with Crippen molar-refractivity contribution in [1.29, 1.82) is 0 Å². The Morgan fingerprint density at radius 3 is 1.31 bits per heavy atom. The van der Waals surface area contributed by atoms with Gasteiger partial charge in [0.15, 0.2) is 0 Å². The quantitative estimate of drug-likeness (QED) is 0.608. The van der Waals surface area contributed by atoms with Gasteiger partial charge in [0.05, 0.1) is 6.17 Å². The molecule has 2 heteroatoms. The maximum atomic E-state index is 2.43. The topological polar surface area (TPSA) is 6.48 Å². The van der Waals surface area contributed by atoms with Crippen LogP contribution >= 0.6 is 0 Å². The van der Waals surface area contributed by atoms with Crippen molar-refractivity contribution in [2.45, 2.75) is 59.3 Å². The lowest BCUT2D eigenvalue weighted by atomic mass is 10.2. The molecule has 0 aromatic carbocycles. The maximum Gasteiger partial charge on any atom is 0.0619 e. The van der Waals surface area contributed by atoms with E-state index < -0.39 is 0 Å². The fourth-order valence-electron chi connectivity index (χ4n) is 1.55. The Morgan fingerprint density at radius 1 is 0.846 bits per heavy atom.